The summed E-state index contributed by atoms with van der Waals surface area (Å²) < 4.78 is 92.7. The summed E-state index contributed by atoms with van der Waals surface area (Å²) in [5.74, 6) is -1.01. The van der Waals surface area contributed by atoms with Gasteiger partial charge >= 0.3 is 0 Å². The van der Waals surface area contributed by atoms with E-state index in [0.29, 0.717) is 78.0 Å². The number of hydrogen-bond donors (Lipinski definition) is 3. The zero-order chi connectivity index (χ0) is 51.8. The summed E-state index contributed by atoms with van der Waals surface area (Å²) in [6.45, 7) is 14.4. The molecule has 0 saturated carbocycles. The van der Waals surface area contributed by atoms with Crippen LogP contribution in [0.5, 0.6) is 11.5 Å². The highest BCUT2D eigenvalue weighted by molar-refractivity contribution is 7.92. The Labute approximate surface area is 424 Å². The summed E-state index contributed by atoms with van der Waals surface area (Å²) in [5, 5.41) is -0.867. The number of halogens is 3. The van der Waals surface area contributed by atoms with Crippen LogP contribution in [0.15, 0.2) is 107 Å². The Kier molecular flexibility index (Phi) is 17.3. The van der Waals surface area contributed by atoms with Gasteiger partial charge in [0.25, 0.3) is 15.9 Å². The number of nitrogens with zero attached hydrogens (tertiary/aromatic N) is 5. The van der Waals surface area contributed by atoms with Crippen LogP contribution in [-0.4, -0.2) is 80.5 Å². The Morgan fingerprint density at radius 3 is 1.77 bits per heavy atom. The number of nitrogen functional groups attached to an aromatic ring is 2. The van der Waals surface area contributed by atoms with E-state index in [9.17, 15) is 35.2 Å². The molecule has 5 N–H and O–H groups in total. The molecular weight excluding hydrogens is 978 g/mol. The molecule has 1 fully saturated rings. The first-order valence-corrected chi connectivity index (χ1v) is 26.1. The number of nitrogens with two attached hydrogens (primary N) is 2. The van der Waals surface area contributed by atoms with Gasteiger partial charge in [-0.2, -0.15) is 8.42 Å². The second-order valence-electron chi connectivity index (χ2n) is 18.0. The highest BCUT2D eigenvalue weighted by atomic mass is 35.5. The van der Waals surface area contributed by atoms with E-state index in [2.05, 4.69) is 33.5 Å². The number of sulfonamides is 1. The zero-order valence-corrected chi connectivity index (χ0v) is 42.3. The molecule has 2 atom stereocenters. The molecule has 21 heteroatoms. The van der Waals surface area contributed by atoms with Crippen molar-refractivity contribution in [3.8, 4) is 34.0 Å². The first-order chi connectivity index (χ1) is 33.5. The van der Waals surface area contributed by atoms with Gasteiger partial charge in [0.15, 0.2) is 15.8 Å². The molecule has 0 spiro atoms. The molecule has 6 aromatic rings. The lowest BCUT2D eigenvalue weighted by Crippen LogP contribution is -2.40. The van der Waals surface area contributed by atoms with E-state index in [1.54, 1.807) is 18.2 Å². The van der Waals surface area contributed by atoms with Gasteiger partial charge < -0.3 is 25.8 Å². The van der Waals surface area contributed by atoms with Crippen molar-refractivity contribution < 1.29 is 51.8 Å². The molecule has 2 unspecified atom stereocenters. The monoisotopic (exact) mass is 1040 g/mol. The number of amides is 1. The minimum Gasteiger partial charge on any atom is -0.493 e. The number of anilines is 3. The fraction of sp³-hybridized carbons (Fsp3) is 0.320. The fourth-order valence-corrected chi connectivity index (χ4v) is 9.52. The molecule has 1 aliphatic rings. The van der Waals surface area contributed by atoms with Crippen LogP contribution in [0.1, 0.15) is 75.8 Å². The first-order valence-electron chi connectivity index (χ1n) is 22.6. The van der Waals surface area contributed by atoms with Crippen LogP contribution in [-0.2, 0) is 19.9 Å². The number of carbonyl (C=O) groups excluding carboxylic acids is 2. The molecule has 5 heterocycles. The molecule has 2 aromatic carbocycles. The highest BCUT2D eigenvalue weighted by Crippen LogP contribution is 2.33. The third-order valence-electron chi connectivity index (χ3n) is 11.0. The van der Waals surface area contributed by atoms with Crippen molar-refractivity contribution in [3.63, 3.8) is 0 Å². The van der Waals surface area contributed by atoms with E-state index >= 15 is 0 Å². The smallest absolute Gasteiger partial charge is 0.281 e. The summed E-state index contributed by atoms with van der Waals surface area (Å²) in [7, 11) is -8.31. The maximum atomic E-state index is 14.5. The number of Topliss-reactive ketones (excluding diaryl/α,β-unsaturated/α-hetero) is 1. The van der Waals surface area contributed by atoms with Crippen molar-refractivity contribution >= 4 is 60.6 Å². The van der Waals surface area contributed by atoms with Gasteiger partial charge in [-0.05, 0) is 103 Å². The van der Waals surface area contributed by atoms with E-state index in [0.717, 1.165) is 6.42 Å². The second-order valence-corrected chi connectivity index (χ2v) is 21.9. The van der Waals surface area contributed by atoms with E-state index in [4.69, 9.17) is 37.5 Å². The van der Waals surface area contributed by atoms with Crippen LogP contribution in [0.4, 0.5) is 26.2 Å². The van der Waals surface area contributed by atoms with Crippen molar-refractivity contribution in [2.24, 2.45) is 23.7 Å². The number of sulfone groups is 1. The molecule has 7 rings (SSSR count). The van der Waals surface area contributed by atoms with Gasteiger partial charge in [-0.1, -0.05) is 65.3 Å². The lowest BCUT2D eigenvalue weighted by atomic mass is 9.88. The Bertz CT molecular complexity index is 3170. The number of carbonyl (C=O) groups is 2. The first kappa shape index (κ1) is 53.6. The average Bonchev–Trinajstić information content (AvgIpc) is 3.30. The van der Waals surface area contributed by atoms with Crippen LogP contribution >= 0.6 is 11.6 Å². The van der Waals surface area contributed by atoms with Crippen molar-refractivity contribution in [1.82, 2.24) is 24.7 Å². The van der Waals surface area contributed by atoms with Crippen molar-refractivity contribution in [3.05, 3.63) is 125 Å². The van der Waals surface area contributed by atoms with Gasteiger partial charge in [-0.25, -0.2) is 41.9 Å². The minimum absolute atomic E-state index is 0. The predicted octanol–water partition coefficient (Wildman–Crippen LogP) is 9.94. The highest BCUT2D eigenvalue weighted by Gasteiger charge is 2.30. The van der Waals surface area contributed by atoms with Gasteiger partial charge in [0.2, 0.25) is 9.84 Å². The van der Waals surface area contributed by atoms with Gasteiger partial charge in [0.05, 0.1) is 35.7 Å². The molecule has 0 bridgehead atoms. The summed E-state index contributed by atoms with van der Waals surface area (Å²) in [4.78, 5) is 44.4. The Balaban J connectivity index is 0.000000725. The van der Waals surface area contributed by atoms with Gasteiger partial charge in [-0.15, -0.1) is 0 Å². The Hall–Kier alpha value is -6.77. The lowest BCUT2D eigenvalue weighted by Gasteiger charge is -2.37. The summed E-state index contributed by atoms with van der Waals surface area (Å²) in [5.41, 5.74) is 12.8. The fourth-order valence-electron chi connectivity index (χ4n) is 7.14. The summed E-state index contributed by atoms with van der Waals surface area (Å²) in [6.07, 6.45) is 0.882. The molecule has 1 aliphatic heterocycles. The van der Waals surface area contributed by atoms with Crippen molar-refractivity contribution in [2.45, 2.75) is 58.0 Å². The van der Waals surface area contributed by atoms with E-state index in [-0.39, 0.29) is 56.9 Å². The van der Waals surface area contributed by atoms with Gasteiger partial charge in [0.1, 0.15) is 51.5 Å². The van der Waals surface area contributed by atoms with Crippen LogP contribution in [0.25, 0.3) is 22.5 Å². The molecule has 386 valence electrons. The van der Waals surface area contributed by atoms with Crippen LogP contribution in [0.2, 0.25) is 5.15 Å². The number of aromatic nitrogens is 4. The maximum absolute atomic E-state index is 14.5. The maximum Gasteiger partial charge on any atom is 0.281 e. The zero-order valence-electron chi connectivity index (χ0n) is 39.9. The lowest BCUT2D eigenvalue weighted by molar-refractivity contribution is 0.0979. The molecule has 0 radical (unpaired) electrons. The number of hydrogen-bond acceptors (Lipinski definition) is 15. The average molecular weight is 1040 g/mol. The van der Waals surface area contributed by atoms with Crippen LogP contribution in [0.3, 0.4) is 0 Å². The summed E-state index contributed by atoms with van der Waals surface area (Å²) in [6, 6.07) is 22.7. The number of rotatable bonds is 16. The SMILES string of the molecule is CC(C)COc1cc(F)cc(-c2ccc(C(=O)CS(=O)(=O)c3cccc(N)n3)c(Cl)n2)c1.CC(C)COc1cc(F)cc(-c2ccc(C(=O)NS(=O)(=O)c3cccc(N)n3)c(N3CCC(C)C(C)C3)n2)c1.[HH].[HH].[HH].[HH].[HH]. The summed E-state index contributed by atoms with van der Waals surface area (Å²) >= 11 is 6.17. The molecule has 16 nitrogen and oxygen atoms in total. The third kappa shape index (κ3) is 14.4. The van der Waals surface area contributed by atoms with Crippen LogP contribution < -0.4 is 30.6 Å². The molecule has 4 aromatic heterocycles. The normalized spacial score (nSPS) is 14.9. The second kappa shape index (κ2) is 23.0. The van der Waals surface area contributed by atoms with Crippen LogP contribution in [0, 0.1) is 35.3 Å². The third-order valence-corrected chi connectivity index (χ3v) is 14.1. The number of pyridine rings is 4. The van der Waals surface area contributed by atoms with E-state index in [1.807, 2.05) is 32.6 Å². The molecule has 1 saturated heterocycles. The molecule has 71 heavy (non-hydrogen) atoms. The van der Waals surface area contributed by atoms with Crippen molar-refractivity contribution in [1.29, 1.82) is 0 Å². The standard InChI is InChI=1S/C28H34FN5O4S.C22H21ClFN3O4S.5H2/c1-17(2)16-38-22-13-20(12-21(29)14-22)24-9-8-23(27(31-24)34-11-10-18(3)19(4)15-34)28(35)33-39(36,37)26-7-5-6-25(30)32-26;1-13(2)11-31-16-9-14(8-15(24)10-16)18-7-6-17(22(23)26-18)19(28)12-32(29,30)21-5-3-4-20(25)27-21;;;;;/h5-9,12-14,17-19H,10-11,15-16H2,1-4H3,(H2,30,32)(H,33,35);3-10,13H,11-12H2,1-2H3,(H2,25,27);5*1H. The van der Waals surface area contributed by atoms with E-state index in [1.165, 1.54) is 78.9 Å². The van der Waals surface area contributed by atoms with Crippen molar-refractivity contribution in [2.75, 3.05) is 48.4 Å². The van der Waals surface area contributed by atoms with E-state index < -0.39 is 48.9 Å². The number of nitrogens with one attached hydrogen (secondary N) is 1. The van der Waals surface area contributed by atoms with Gasteiger partial charge in [0, 0.05) is 43.5 Å². The molecular formula is C50H65ClF2N8O8S2. The molecule has 0 aliphatic carbocycles. The Morgan fingerprint density at radius 2 is 1.25 bits per heavy atom. The number of piperidine rings is 1. The topological polar surface area (TPSA) is 240 Å². The largest absolute Gasteiger partial charge is 0.493 e. The number of ether oxygens (including phenoxy) is 2. The number of benzene rings is 2. The Morgan fingerprint density at radius 1 is 0.732 bits per heavy atom. The molecule has 1 amide bonds. The minimum atomic E-state index is -4.29. The quantitative estimate of drug-likeness (QED) is 0.0604. The number of ketones is 1. The predicted molar refractivity (Wildman–Crippen MR) is 279 cm³/mol. The van der Waals surface area contributed by atoms with Gasteiger partial charge in [-0.3, -0.25) is 9.59 Å².